The summed E-state index contributed by atoms with van der Waals surface area (Å²) in [5, 5.41) is 3.76. The summed E-state index contributed by atoms with van der Waals surface area (Å²) in [6.07, 6.45) is 0. The number of benzene rings is 2. The van der Waals surface area contributed by atoms with E-state index in [0.29, 0.717) is 25.9 Å². The van der Waals surface area contributed by atoms with Crippen molar-refractivity contribution < 1.29 is 9.59 Å². The molecule has 0 saturated heterocycles. The molecule has 0 aromatic heterocycles. The summed E-state index contributed by atoms with van der Waals surface area (Å²) in [6, 6.07) is 12.9. The number of nitrogens with zero attached hydrogens (tertiary/aromatic N) is 1. The van der Waals surface area contributed by atoms with Crippen molar-refractivity contribution in [1.29, 1.82) is 0 Å². The van der Waals surface area contributed by atoms with Gasteiger partial charge in [0.25, 0.3) is 0 Å². The molecular weight excluding hydrogens is 402 g/mol. The van der Waals surface area contributed by atoms with E-state index in [2.05, 4.69) is 10.3 Å². The van der Waals surface area contributed by atoms with Crippen LogP contribution in [0.1, 0.15) is 20.7 Å². The molecule has 23 heavy (non-hydrogen) atoms. The Bertz CT molecular complexity index is 744. The van der Waals surface area contributed by atoms with Crippen LogP contribution in [0.2, 0.25) is 15.9 Å². The number of aliphatic imine (C=N–C) groups is 1. The van der Waals surface area contributed by atoms with Crippen molar-refractivity contribution in [2.24, 2.45) is 4.99 Å². The Morgan fingerprint density at radius 1 is 0.913 bits per heavy atom. The fraction of sp³-hybridized carbons (Fsp3) is 0.0625. The van der Waals surface area contributed by atoms with Gasteiger partial charge < -0.3 is 0 Å². The number of amidine groups is 1. The van der Waals surface area contributed by atoms with Crippen molar-refractivity contribution in [3.63, 3.8) is 0 Å². The molecular formula is C16H12Cl2N2O2Se. The Balaban J connectivity index is 2.12. The summed E-state index contributed by atoms with van der Waals surface area (Å²) >= 11 is 11.4. The van der Waals surface area contributed by atoms with Crippen LogP contribution in [-0.4, -0.2) is 31.5 Å². The van der Waals surface area contributed by atoms with Gasteiger partial charge in [0.05, 0.1) is 0 Å². The third-order valence-electron chi connectivity index (χ3n) is 2.81. The molecule has 2 rings (SSSR count). The van der Waals surface area contributed by atoms with E-state index in [1.54, 1.807) is 48.5 Å². The molecule has 7 heteroatoms. The predicted octanol–water partition coefficient (Wildman–Crippen LogP) is 3.67. The van der Waals surface area contributed by atoms with E-state index >= 15 is 0 Å². The molecule has 0 radical (unpaired) electrons. The molecule has 0 atom stereocenters. The van der Waals surface area contributed by atoms with Gasteiger partial charge in [-0.3, -0.25) is 0 Å². The number of hydrogen-bond donors (Lipinski definition) is 1. The predicted molar refractivity (Wildman–Crippen MR) is 93.8 cm³/mol. The van der Waals surface area contributed by atoms with E-state index in [9.17, 15) is 9.59 Å². The first-order valence-corrected chi connectivity index (χ1v) is 9.81. The Kier molecular flexibility index (Phi) is 6.37. The summed E-state index contributed by atoms with van der Waals surface area (Å²) in [7, 11) is 0. The number of amides is 2. The fourth-order valence-corrected chi connectivity index (χ4v) is 2.67. The van der Waals surface area contributed by atoms with Gasteiger partial charge >= 0.3 is 150 Å². The van der Waals surface area contributed by atoms with Crippen molar-refractivity contribution in [3.05, 3.63) is 69.7 Å². The van der Waals surface area contributed by atoms with Gasteiger partial charge in [-0.15, -0.1) is 0 Å². The third kappa shape index (κ3) is 5.19. The third-order valence-corrected chi connectivity index (χ3v) is 4.54. The summed E-state index contributed by atoms with van der Waals surface area (Å²) in [4.78, 5) is 28.2. The second kappa shape index (κ2) is 8.27. The first-order chi connectivity index (χ1) is 11.0. The Hall–Kier alpha value is -1.65. The number of halogens is 2. The van der Waals surface area contributed by atoms with Crippen molar-refractivity contribution in [1.82, 2.24) is 5.32 Å². The second-order valence-electron chi connectivity index (χ2n) is 4.39. The Labute approximate surface area is 150 Å². The van der Waals surface area contributed by atoms with Gasteiger partial charge in [-0.2, -0.15) is 0 Å². The van der Waals surface area contributed by atoms with Gasteiger partial charge in [0.1, 0.15) is 0 Å². The van der Waals surface area contributed by atoms with Crippen molar-refractivity contribution in [2.45, 2.75) is 5.82 Å². The monoisotopic (exact) mass is 414 g/mol. The van der Waals surface area contributed by atoms with Crippen LogP contribution in [0, 0.1) is 0 Å². The molecule has 0 unspecified atom stereocenters. The fourth-order valence-electron chi connectivity index (χ4n) is 1.64. The van der Waals surface area contributed by atoms with Crippen LogP contribution in [-0.2, 0) is 0 Å². The molecule has 0 fully saturated rings. The topological polar surface area (TPSA) is 58.5 Å². The van der Waals surface area contributed by atoms with Gasteiger partial charge in [0, 0.05) is 0 Å². The molecule has 2 aromatic carbocycles. The summed E-state index contributed by atoms with van der Waals surface area (Å²) in [5.41, 5.74) is 0.863. The Morgan fingerprint density at radius 2 is 1.39 bits per heavy atom. The maximum absolute atomic E-state index is 12.1. The SMILES string of the molecule is C[Se]C(=NC(=O)c1ccc(Cl)cc1)NC(=O)c1ccc(Cl)cc1. The standard InChI is InChI=1S/C16H12Cl2N2O2Se/c1-23-16(19-14(21)10-2-6-12(17)7-3-10)20-15(22)11-4-8-13(18)9-5-11/h2-9H,1H3,(H,19,20,21,22). The molecule has 0 aliphatic heterocycles. The summed E-state index contributed by atoms with van der Waals surface area (Å²) < 4.78 is 0.359. The first-order valence-electron chi connectivity index (χ1n) is 6.49. The summed E-state index contributed by atoms with van der Waals surface area (Å²) in [5.74, 6) is 1.12. The first kappa shape index (κ1) is 17.7. The van der Waals surface area contributed by atoms with Crippen LogP contribution in [0.15, 0.2) is 53.5 Å². The quantitative estimate of drug-likeness (QED) is 0.474. The maximum atomic E-state index is 12.1. The molecule has 118 valence electrons. The van der Waals surface area contributed by atoms with E-state index in [1.165, 1.54) is 0 Å². The van der Waals surface area contributed by atoms with Crippen LogP contribution in [0.4, 0.5) is 0 Å². The molecule has 2 amide bonds. The van der Waals surface area contributed by atoms with Crippen LogP contribution in [0.5, 0.6) is 0 Å². The Morgan fingerprint density at radius 3 is 1.87 bits per heavy atom. The zero-order valence-electron chi connectivity index (χ0n) is 12.0. The van der Waals surface area contributed by atoms with E-state index < -0.39 is 5.91 Å². The molecule has 0 spiro atoms. The minimum absolute atomic E-state index is 0.149. The normalized spacial score (nSPS) is 11.2. The molecule has 0 aliphatic rings. The number of carbonyl (C=O) groups is 2. The molecule has 4 nitrogen and oxygen atoms in total. The molecule has 1 N–H and O–H groups in total. The molecule has 0 saturated carbocycles. The van der Waals surface area contributed by atoms with Gasteiger partial charge in [-0.05, 0) is 0 Å². The van der Waals surface area contributed by atoms with Crippen LogP contribution < -0.4 is 5.32 Å². The number of carbonyl (C=O) groups excluding carboxylic acids is 2. The number of nitrogens with one attached hydrogen (secondary N) is 1. The zero-order chi connectivity index (χ0) is 16.8. The average molecular weight is 414 g/mol. The molecule has 0 bridgehead atoms. The molecule has 2 aromatic rings. The van der Waals surface area contributed by atoms with Crippen LogP contribution >= 0.6 is 23.2 Å². The van der Waals surface area contributed by atoms with E-state index in [4.69, 9.17) is 23.2 Å². The minimum atomic E-state index is -0.420. The van der Waals surface area contributed by atoms with Crippen molar-refractivity contribution in [2.75, 3.05) is 0 Å². The van der Waals surface area contributed by atoms with Crippen LogP contribution in [0.25, 0.3) is 0 Å². The molecule has 0 aliphatic carbocycles. The summed E-state index contributed by atoms with van der Waals surface area (Å²) in [6.45, 7) is 0. The van der Waals surface area contributed by atoms with Gasteiger partial charge in [0.15, 0.2) is 0 Å². The molecule has 0 heterocycles. The van der Waals surface area contributed by atoms with E-state index in [1.807, 2.05) is 5.82 Å². The number of hydrogen-bond acceptors (Lipinski definition) is 2. The van der Waals surface area contributed by atoms with E-state index in [0.717, 1.165) is 0 Å². The van der Waals surface area contributed by atoms with Gasteiger partial charge in [-0.25, -0.2) is 0 Å². The van der Waals surface area contributed by atoms with Crippen LogP contribution in [0.3, 0.4) is 0 Å². The average Bonchev–Trinajstić information content (AvgIpc) is 2.55. The zero-order valence-corrected chi connectivity index (χ0v) is 15.3. The van der Waals surface area contributed by atoms with Crippen molar-refractivity contribution >= 4 is 54.7 Å². The van der Waals surface area contributed by atoms with E-state index in [-0.39, 0.29) is 20.9 Å². The van der Waals surface area contributed by atoms with Crippen molar-refractivity contribution in [3.8, 4) is 0 Å². The van der Waals surface area contributed by atoms with Gasteiger partial charge in [-0.1, -0.05) is 0 Å². The van der Waals surface area contributed by atoms with Gasteiger partial charge in [0.2, 0.25) is 0 Å². The second-order valence-corrected chi connectivity index (χ2v) is 6.93. The number of rotatable bonds is 3.